The van der Waals surface area contributed by atoms with Crippen LogP contribution < -0.4 is 5.73 Å². The first-order valence-electron chi connectivity index (χ1n) is 6.38. The van der Waals surface area contributed by atoms with Crippen molar-refractivity contribution in [2.24, 2.45) is 5.73 Å². The van der Waals surface area contributed by atoms with Crippen LogP contribution in [-0.2, 0) is 13.1 Å². The van der Waals surface area contributed by atoms with Crippen molar-refractivity contribution in [2.45, 2.75) is 13.1 Å². The van der Waals surface area contributed by atoms with E-state index < -0.39 is 0 Å². The average molecular weight is 305 g/mol. The predicted molar refractivity (Wildman–Crippen MR) is 86.9 cm³/mol. The minimum Gasteiger partial charge on any atom is -0.320 e. The van der Waals surface area contributed by atoms with Crippen LogP contribution in [0.15, 0.2) is 36.4 Å². The van der Waals surface area contributed by atoms with Crippen molar-refractivity contribution in [3.63, 3.8) is 0 Å². The zero-order valence-electron chi connectivity index (χ0n) is 11.4. The summed E-state index contributed by atoms with van der Waals surface area (Å²) in [5.74, 6) is 5.94. The van der Waals surface area contributed by atoms with Crippen molar-refractivity contribution in [2.75, 3.05) is 13.6 Å². The van der Waals surface area contributed by atoms with Gasteiger partial charge >= 0.3 is 0 Å². The van der Waals surface area contributed by atoms with Gasteiger partial charge in [0.2, 0.25) is 0 Å². The van der Waals surface area contributed by atoms with Crippen molar-refractivity contribution < 1.29 is 0 Å². The molecule has 4 heteroatoms. The monoisotopic (exact) mass is 304 g/mol. The summed E-state index contributed by atoms with van der Waals surface area (Å²) in [4.78, 5) is 4.60. The van der Waals surface area contributed by atoms with Crippen molar-refractivity contribution in [1.29, 1.82) is 0 Å². The number of halogens is 1. The van der Waals surface area contributed by atoms with E-state index in [1.807, 2.05) is 24.3 Å². The minimum absolute atomic E-state index is 0.402. The van der Waals surface area contributed by atoms with E-state index in [9.17, 15) is 0 Å². The Labute approximate surface area is 129 Å². The van der Waals surface area contributed by atoms with Gasteiger partial charge in [0.1, 0.15) is 0 Å². The number of nitrogens with two attached hydrogens (primary N) is 1. The number of nitrogens with zero attached hydrogens (tertiary/aromatic N) is 1. The molecule has 0 unspecified atom stereocenters. The summed E-state index contributed by atoms with van der Waals surface area (Å²) in [7, 11) is 2.09. The number of benzene rings is 1. The van der Waals surface area contributed by atoms with Crippen molar-refractivity contribution in [1.82, 2.24) is 4.90 Å². The second-order valence-electron chi connectivity index (χ2n) is 4.54. The molecule has 1 heterocycles. The van der Waals surface area contributed by atoms with Crippen molar-refractivity contribution >= 4 is 22.9 Å². The molecule has 2 N–H and O–H groups in total. The molecule has 0 fully saturated rings. The number of hydrogen-bond donors (Lipinski definition) is 1. The quantitative estimate of drug-likeness (QED) is 0.878. The molecule has 0 aliphatic carbocycles. The number of hydrogen-bond acceptors (Lipinski definition) is 3. The minimum atomic E-state index is 0.402. The molecule has 0 radical (unpaired) electrons. The first-order chi connectivity index (χ1) is 9.69. The van der Waals surface area contributed by atoms with Crippen LogP contribution in [0, 0.1) is 11.8 Å². The third-order valence-electron chi connectivity index (χ3n) is 2.80. The third-order valence-corrected chi connectivity index (χ3v) is 4.15. The molecule has 1 aromatic carbocycles. The van der Waals surface area contributed by atoms with E-state index in [1.165, 1.54) is 4.88 Å². The Kier molecular flexibility index (Phi) is 5.63. The molecule has 104 valence electrons. The molecule has 2 rings (SSSR count). The summed E-state index contributed by atoms with van der Waals surface area (Å²) in [6, 6.07) is 12.1. The molecule has 0 aliphatic rings. The van der Waals surface area contributed by atoms with Gasteiger partial charge in [-0.25, -0.2) is 0 Å². The molecular weight excluding hydrogens is 288 g/mol. The van der Waals surface area contributed by atoms with Crippen LogP contribution in [-0.4, -0.2) is 18.5 Å². The molecule has 0 aliphatic heterocycles. The Morgan fingerprint density at radius 3 is 2.75 bits per heavy atom. The van der Waals surface area contributed by atoms with Crippen molar-refractivity contribution in [3.05, 3.63) is 56.7 Å². The lowest BCUT2D eigenvalue weighted by Gasteiger charge is -2.16. The maximum absolute atomic E-state index is 6.18. The van der Waals surface area contributed by atoms with Crippen LogP contribution in [0.4, 0.5) is 0 Å². The molecule has 0 atom stereocenters. The molecule has 0 saturated carbocycles. The van der Waals surface area contributed by atoms with E-state index in [-0.39, 0.29) is 0 Å². The molecule has 0 saturated heterocycles. The summed E-state index contributed by atoms with van der Waals surface area (Å²) in [6.45, 7) is 2.13. The maximum Gasteiger partial charge on any atom is 0.0772 e. The summed E-state index contributed by atoms with van der Waals surface area (Å²) < 4.78 is 0. The van der Waals surface area contributed by atoms with Gasteiger partial charge in [-0.1, -0.05) is 41.6 Å². The normalized spacial score (nSPS) is 10.4. The Morgan fingerprint density at radius 2 is 2.00 bits per heavy atom. The van der Waals surface area contributed by atoms with Gasteiger partial charge in [-0.2, -0.15) is 0 Å². The standard InChI is InChI=1S/C16H17ClN2S/c1-19(11-13-5-2-3-7-16(13)17)12-15-9-8-14(20-15)6-4-10-18/h2-3,5,7-9H,10-12,18H2,1H3. The lowest BCUT2D eigenvalue weighted by atomic mass is 10.2. The fourth-order valence-corrected chi connectivity index (χ4v) is 3.07. The lowest BCUT2D eigenvalue weighted by molar-refractivity contribution is 0.322. The van der Waals surface area contributed by atoms with Gasteiger partial charge in [-0.15, -0.1) is 11.3 Å². The number of rotatable bonds is 4. The first kappa shape index (κ1) is 15.1. The zero-order chi connectivity index (χ0) is 14.4. The van der Waals surface area contributed by atoms with Crippen molar-refractivity contribution in [3.8, 4) is 11.8 Å². The van der Waals surface area contributed by atoms with E-state index in [4.69, 9.17) is 17.3 Å². The fraction of sp³-hybridized carbons (Fsp3) is 0.250. The van der Waals surface area contributed by atoms with Gasteiger partial charge in [-0.05, 0) is 30.8 Å². The Bertz CT molecular complexity index is 625. The molecule has 0 bridgehead atoms. The average Bonchev–Trinajstić information content (AvgIpc) is 2.86. The maximum atomic E-state index is 6.18. The summed E-state index contributed by atoms with van der Waals surface area (Å²) in [5, 5.41) is 0.819. The van der Waals surface area contributed by atoms with Crippen LogP contribution in [0.1, 0.15) is 15.3 Å². The van der Waals surface area contributed by atoms with E-state index >= 15 is 0 Å². The zero-order valence-corrected chi connectivity index (χ0v) is 13.0. The van der Waals surface area contributed by atoms with Gasteiger partial charge in [-0.3, -0.25) is 4.90 Å². The van der Waals surface area contributed by atoms with Gasteiger partial charge in [0.15, 0.2) is 0 Å². The molecular formula is C16H17ClN2S. The molecule has 1 aromatic heterocycles. The second kappa shape index (κ2) is 7.47. The second-order valence-corrected chi connectivity index (χ2v) is 6.11. The van der Waals surface area contributed by atoms with Gasteiger partial charge in [0.25, 0.3) is 0 Å². The van der Waals surface area contributed by atoms with Crippen LogP contribution in [0.5, 0.6) is 0 Å². The molecule has 0 amide bonds. The number of thiophene rings is 1. The highest BCUT2D eigenvalue weighted by Gasteiger charge is 2.06. The lowest BCUT2D eigenvalue weighted by Crippen LogP contribution is -2.16. The fourth-order valence-electron chi connectivity index (χ4n) is 1.91. The highest BCUT2D eigenvalue weighted by atomic mass is 35.5. The van der Waals surface area contributed by atoms with Crippen LogP contribution in [0.25, 0.3) is 0 Å². The van der Waals surface area contributed by atoms with Crippen LogP contribution in [0.3, 0.4) is 0 Å². The predicted octanol–water partition coefficient (Wildman–Crippen LogP) is 3.34. The smallest absolute Gasteiger partial charge is 0.0772 e. The highest BCUT2D eigenvalue weighted by molar-refractivity contribution is 7.12. The largest absolute Gasteiger partial charge is 0.320 e. The van der Waals surface area contributed by atoms with Gasteiger partial charge < -0.3 is 5.73 Å². The Hall–Kier alpha value is -1.31. The third kappa shape index (κ3) is 4.36. The first-order valence-corrected chi connectivity index (χ1v) is 7.58. The van der Waals surface area contributed by atoms with E-state index in [1.54, 1.807) is 11.3 Å². The van der Waals surface area contributed by atoms with E-state index in [2.05, 4.69) is 35.9 Å². The van der Waals surface area contributed by atoms with E-state index in [0.717, 1.165) is 28.6 Å². The van der Waals surface area contributed by atoms with Gasteiger partial charge in [0.05, 0.1) is 11.4 Å². The SMILES string of the molecule is CN(Cc1ccc(C#CCN)s1)Cc1ccccc1Cl. The highest BCUT2D eigenvalue weighted by Crippen LogP contribution is 2.20. The summed E-state index contributed by atoms with van der Waals surface area (Å²) in [5.41, 5.74) is 6.52. The van der Waals surface area contributed by atoms with Crippen LogP contribution in [0.2, 0.25) is 5.02 Å². The molecule has 0 spiro atoms. The van der Waals surface area contributed by atoms with Gasteiger partial charge in [0, 0.05) is 23.0 Å². The Balaban J connectivity index is 1.96. The molecule has 20 heavy (non-hydrogen) atoms. The summed E-state index contributed by atoms with van der Waals surface area (Å²) >= 11 is 7.89. The topological polar surface area (TPSA) is 29.3 Å². The van der Waals surface area contributed by atoms with Crippen LogP contribution >= 0.6 is 22.9 Å². The molecule has 2 nitrogen and oxygen atoms in total. The van der Waals surface area contributed by atoms with E-state index in [0.29, 0.717) is 6.54 Å². The Morgan fingerprint density at radius 1 is 1.20 bits per heavy atom. The molecule has 2 aromatic rings. The summed E-state index contributed by atoms with van der Waals surface area (Å²) in [6.07, 6.45) is 0.